The number of anilines is 2. The van der Waals surface area contributed by atoms with Crippen LogP contribution >= 0.6 is 0 Å². The van der Waals surface area contributed by atoms with E-state index < -0.39 is 0 Å². The second kappa shape index (κ2) is 8.83. The Balaban J connectivity index is 1.42. The van der Waals surface area contributed by atoms with Crippen LogP contribution in [0.15, 0.2) is 72.8 Å². The number of amides is 3. The fraction of sp³-hybridized carbons (Fsp3) is 0.160. The Labute approximate surface area is 180 Å². The zero-order valence-electron chi connectivity index (χ0n) is 17.1. The van der Waals surface area contributed by atoms with Gasteiger partial charge in [-0.25, -0.2) is 4.90 Å². The summed E-state index contributed by atoms with van der Waals surface area (Å²) in [6.45, 7) is 2.75. The fourth-order valence-corrected chi connectivity index (χ4v) is 3.36. The Morgan fingerprint density at radius 3 is 2.06 bits per heavy atom. The lowest BCUT2D eigenvalue weighted by molar-refractivity contribution is 0.0924. The van der Waals surface area contributed by atoms with Crippen molar-refractivity contribution in [2.75, 3.05) is 16.8 Å². The van der Waals surface area contributed by atoms with Crippen molar-refractivity contribution >= 4 is 29.1 Å². The molecule has 3 aromatic rings. The fourth-order valence-electron chi connectivity index (χ4n) is 3.36. The van der Waals surface area contributed by atoms with Crippen molar-refractivity contribution in [3.05, 3.63) is 89.5 Å². The zero-order chi connectivity index (χ0) is 21.8. The Morgan fingerprint density at radius 1 is 0.871 bits per heavy atom. The highest BCUT2D eigenvalue weighted by atomic mass is 16.5. The van der Waals surface area contributed by atoms with Gasteiger partial charge in [0.25, 0.3) is 17.7 Å². The Bertz CT molecular complexity index is 1090. The van der Waals surface area contributed by atoms with E-state index in [1.165, 1.54) is 0 Å². The molecule has 0 saturated heterocycles. The van der Waals surface area contributed by atoms with Crippen LogP contribution in [0.3, 0.4) is 0 Å². The van der Waals surface area contributed by atoms with Gasteiger partial charge >= 0.3 is 0 Å². The summed E-state index contributed by atoms with van der Waals surface area (Å²) in [6.07, 6.45) is 2.05. The highest BCUT2D eigenvalue weighted by molar-refractivity contribution is 6.34. The quantitative estimate of drug-likeness (QED) is 0.440. The molecular formula is C25H22N2O4. The minimum Gasteiger partial charge on any atom is -0.494 e. The summed E-state index contributed by atoms with van der Waals surface area (Å²) in [7, 11) is 0. The van der Waals surface area contributed by atoms with Crippen molar-refractivity contribution in [1.29, 1.82) is 0 Å². The minimum atomic E-state index is -0.348. The summed E-state index contributed by atoms with van der Waals surface area (Å²) >= 11 is 0. The molecule has 3 amide bonds. The third-order valence-electron chi connectivity index (χ3n) is 5.06. The molecule has 1 heterocycles. The van der Waals surface area contributed by atoms with Crippen molar-refractivity contribution < 1.29 is 19.1 Å². The molecule has 0 unspecified atom stereocenters. The third kappa shape index (κ3) is 4.19. The standard InChI is InChI=1S/C25H22N2O4/c1-2-3-16-31-20-14-8-17(9-15-20)23(28)26-18-10-12-19(13-11-18)27-24(29)21-6-4-5-7-22(21)25(27)30/h4-15H,2-3,16H2,1H3,(H,26,28). The van der Waals surface area contributed by atoms with Crippen LogP contribution in [0, 0.1) is 0 Å². The number of nitrogens with one attached hydrogen (secondary N) is 1. The lowest BCUT2D eigenvalue weighted by atomic mass is 10.1. The number of hydrogen-bond acceptors (Lipinski definition) is 4. The van der Waals surface area contributed by atoms with Gasteiger partial charge in [0.05, 0.1) is 23.4 Å². The zero-order valence-corrected chi connectivity index (χ0v) is 17.1. The first kappa shape index (κ1) is 20.3. The van der Waals surface area contributed by atoms with Crippen LogP contribution in [0.2, 0.25) is 0 Å². The smallest absolute Gasteiger partial charge is 0.266 e. The first-order valence-corrected chi connectivity index (χ1v) is 10.2. The number of rotatable bonds is 7. The van der Waals surface area contributed by atoms with E-state index in [0.717, 1.165) is 23.5 Å². The van der Waals surface area contributed by atoms with Crippen molar-refractivity contribution in [2.24, 2.45) is 0 Å². The van der Waals surface area contributed by atoms with Gasteiger partial charge in [0, 0.05) is 11.3 Å². The molecule has 0 bridgehead atoms. The number of carbonyl (C=O) groups is 3. The summed E-state index contributed by atoms with van der Waals surface area (Å²) in [5, 5.41) is 2.82. The van der Waals surface area contributed by atoms with Gasteiger partial charge in [-0.05, 0) is 67.1 Å². The van der Waals surface area contributed by atoms with E-state index >= 15 is 0 Å². The van der Waals surface area contributed by atoms with E-state index in [1.807, 2.05) is 0 Å². The molecule has 31 heavy (non-hydrogen) atoms. The predicted octanol–water partition coefficient (Wildman–Crippen LogP) is 4.92. The maximum absolute atomic E-state index is 12.6. The molecule has 1 N–H and O–H groups in total. The molecule has 156 valence electrons. The highest BCUT2D eigenvalue weighted by Crippen LogP contribution is 2.29. The van der Waals surface area contributed by atoms with Gasteiger partial charge in [-0.3, -0.25) is 14.4 Å². The normalized spacial score (nSPS) is 12.6. The molecule has 4 rings (SSSR count). The number of benzene rings is 3. The molecular weight excluding hydrogens is 392 g/mol. The van der Waals surface area contributed by atoms with E-state index in [2.05, 4.69) is 12.2 Å². The average Bonchev–Trinajstić information content (AvgIpc) is 3.05. The summed E-state index contributed by atoms with van der Waals surface area (Å²) < 4.78 is 5.61. The van der Waals surface area contributed by atoms with Crippen LogP contribution in [-0.2, 0) is 0 Å². The Morgan fingerprint density at radius 2 is 1.48 bits per heavy atom. The minimum absolute atomic E-state index is 0.256. The van der Waals surface area contributed by atoms with Crippen LogP contribution in [0.1, 0.15) is 50.8 Å². The van der Waals surface area contributed by atoms with E-state index in [1.54, 1.807) is 72.8 Å². The number of ether oxygens (including phenoxy) is 1. The van der Waals surface area contributed by atoms with Gasteiger partial charge in [0.15, 0.2) is 0 Å². The number of fused-ring (bicyclic) bond motifs is 1. The summed E-state index contributed by atoms with van der Waals surface area (Å²) in [5.41, 5.74) is 2.32. The molecule has 0 radical (unpaired) electrons. The topological polar surface area (TPSA) is 75.7 Å². The van der Waals surface area contributed by atoms with E-state index in [9.17, 15) is 14.4 Å². The Hall–Kier alpha value is -3.93. The molecule has 6 heteroatoms. The number of hydrogen-bond donors (Lipinski definition) is 1. The predicted molar refractivity (Wildman–Crippen MR) is 119 cm³/mol. The van der Waals surface area contributed by atoms with Gasteiger partial charge in [-0.2, -0.15) is 0 Å². The number of nitrogens with zero attached hydrogens (tertiary/aromatic N) is 1. The maximum Gasteiger partial charge on any atom is 0.266 e. The van der Waals surface area contributed by atoms with Gasteiger partial charge in [0.1, 0.15) is 5.75 Å². The van der Waals surface area contributed by atoms with Crippen LogP contribution in [0.5, 0.6) is 5.75 Å². The molecule has 0 aromatic heterocycles. The second-order valence-corrected chi connectivity index (χ2v) is 7.22. The number of unbranched alkanes of at least 4 members (excludes halogenated alkanes) is 1. The van der Waals surface area contributed by atoms with E-state index in [-0.39, 0.29) is 17.7 Å². The molecule has 1 aliphatic heterocycles. The van der Waals surface area contributed by atoms with Gasteiger partial charge in [-0.15, -0.1) is 0 Å². The van der Waals surface area contributed by atoms with Crippen LogP contribution < -0.4 is 15.0 Å². The first-order chi connectivity index (χ1) is 15.1. The first-order valence-electron chi connectivity index (χ1n) is 10.2. The molecule has 0 saturated carbocycles. The van der Waals surface area contributed by atoms with E-state index in [0.29, 0.717) is 34.7 Å². The summed E-state index contributed by atoms with van der Waals surface area (Å²) in [6, 6.07) is 20.3. The van der Waals surface area contributed by atoms with Gasteiger partial charge in [0.2, 0.25) is 0 Å². The molecule has 0 aliphatic carbocycles. The highest BCUT2D eigenvalue weighted by Gasteiger charge is 2.36. The lowest BCUT2D eigenvalue weighted by Gasteiger charge is -2.14. The molecule has 0 atom stereocenters. The van der Waals surface area contributed by atoms with Crippen molar-refractivity contribution in [3.8, 4) is 5.75 Å². The van der Waals surface area contributed by atoms with Crippen molar-refractivity contribution in [2.45, 2.75) is 19.8 Å². The lowest BCUT2D eigenvalue weighted by Crippen LogP contribution is -2.29. The second-order valence-electron chi connectivity index (χ2n) is 7.22. The van der Waals surface area contributed by atoms with Gasteiger partial charge < -0.3 is 10.1 Å². The molecule has 3 aromatic carbocycles. The average molecular weight is 414 g/mol. The maximum atomic E-state index is 12.6. The van der Waals surface area contributed by atoms with Crippen LogP contribution in [0.25, 0.3) is 0 Å². The van der Waals surface area contributed by atoms with Crippen LogP contribution in [-0.4, -0.2) is 24.3 Å². The van der Waals surface area contributed by atoms with Crippen LogP contribution in [0.4, 0.5) is 11.4 Å². The number of carbonyl (C=O) groups excluding carboxylic acids is 3. The van der Waals surface area contributed by atoms with Crippen molar-refractivity contribution in [3.63, 3.8) is 0 Å². The number of imide groups is 1. The largest absolute Gasteiger partial charge is 0.494 e. The monoisotopic (exact) mass is 414 g/mol. The molecule has 0 fully saturated rings. The van der Waals surface area contributed by atoms with Gasteiger partial charge in [-0.1, -0.05) is 25.5 Å². The van der Waals surface area contributed by atoms with Crippen molar-refractivity contribution in [1.82, 2.24) is 0 Å². The Kier molecular flexibility index (Phi) is 5.80. The molecule has 0 spiro atoms. The molecule has 6 nitrogen and oxygen atoms in total. The SMILES string of the molecule is CCCCOc1ccc(C(=O)Nc2ccc(N3C(=O)c4ccccc4C3=O)cc2)cc1. The summed E-state index contributed by atoms with van der Waals surface area (Å²) in [4.78, 5) is 38.8. The third-order valence-corrected chi connectivity index (χ3v) is 5.06. The molecule has 1 aliphatic rings. The van der Waals surface area contributed by atoms with E-state index in [4.69, 9.17) is 4.74 Å². The summed E-state index contributed by atoms with van der Waals surface area (Å²) in [5.74, 6) is -0.221.